The van der Waals surface area contributed by atoms with E-state index in [4.69, 9.17) is 0 Å². The highest BCUT2D eigenvalue weighted by Gasteiger charge is 2.46. The fourth-order valence-corrected chi connectivity index (χ4v) is 4.41. The first-order valence-corrected chi connectivity index (χ1v) is 7.67. The summed E-state index contributed by atoms with van der Waals surface area (Å²) in [5.74, 6) is 2.33. The topological polar surface area (TPSA) is 20.3 Å². The lowest BCUT2D eigenvalue weighted by atomic mass is 9.70. The fourth-order valence-electron chi connectivity index (χ4n) is 4.41. The maximum Gasteiger partial charge on any atom is 0.156 e. The summed E-state index contributed by atoms with van der Waals surface area (Å²) < 4.78 is 0. The predicted octanol–water partition coefficient (Wildman–Crippen LogP) is 3.50. The van der Waals surface area contributed by atoms with E-state index in [1.807, 2.05) is 0 Å². The second-order valence-electron chi connectivity index (χ2n) is 7.11. The van der Waals surface area contributed by atoms with Gasteiger partial charge in [0, 0.05) is 5.92 Å². The first-order valence-electron chi connectivity index (χ1n) is 7.67. The van der Waals surface area contributed by atoms with E-state index in [2.05, 4.69) is 32.8 Å². The van der Waals surface area contributed by atoms with Crippen molar-refractivity contribution in [2.45, 2.75) is 64.3 Å². The average molecular weight is 251 g/mol. The lowest BCUT2D eigenvalue weighted by Gasteiger charge is -2.40. The van der Waals surface area contributed by atoms with Gasteiger partial charge in [-0.2, -0.15) is 0 Å². The molecule has 0 heterocycles. The molecule has 0 aliphatic heterocycles. The van der Waals surface area contributed by atoms with Gasteiger partial charge in [-0.05, 0) is 58.0 Å². The van der Waals surface area contributed by atoms with Crippen LogP contribution in [-0.2, 0) is 4.79 Å². The van der Waals surface area contributed by atoms with E-state index >= 15 is 0 Å². The van der Waals surface area contributed by atoms with Gasteiger partial charge in [-0.1, -0.05) is 26.7 Å². The molecule has 2 aliphatic rings. The van der Waals surface area contributed by atoms with Crippen molar-refractivity contribution in [3.05, 3.63) is 0 Å². The zero-order chi connectivity index (χ0) is 13.3. The first kappa shape index (κ1) is 14.0. The highest BCUT2D eigenvalue weighted by atomic mass is 16.1. The molecular weight excluding hydrogens is 222 g/mol. The largest absolute Gasteiger partial charge is 0.297 e. The quantitative estimate of drug-likeness (QED) is 0.765. The van der Waals surface area contributed by atoms with Gasteiger partial charge < -0.3 is 0 Å². The maximum atomic E-state index is 13.0. The van der Waals surface area contributed by atoms with Gasteiger partial charge in [-0.3, -0.25) is 9.69 Å². The summed E-state index contributed by atoms with van der Waals surface area (Å²) in [6.45, 7) is 4.62. The summed E-state index contributed by atoms with van der Waals surface area (Å²) in [6, 6.07) is 0. The smallest absolute Gasteiger partial charge is 0.156 e. The van der Waals surface area contributed by atoms with Crippen molar-refractivity contribution >= 4 is 5.78 Å². The molecule has 2 rings (SSSR count). The molecule has 2 fully saturated rings. The Bertz CT molecular complexity index is 294. The summed E-state index contributed by atoms with van der Waals surface area (Å²) in [5, 5.41) is 0. The third-order valence-electron chi connectivity index (χ3n) is 5.29. The molecule has 0 bridgehead atoms. The Morgan fingerprint density at radius 2 is 1.50 bits per heavy atom. The Kier molecular flexibility index (Phi) is 4.15. The van der Waals surface area contributed by atoms with E-state index in [-0.39, 0.29) is 5.54 Å². The van der Waals surface area contributed by atoms with Crippen molar-refractivity contribution in [2.24, 2.45) is 17.8 Å². The molecule has 18 heavy (non-hydrogen) atoms. The van der Waals surface area contributed by atoms with Gasteiger partial charge in [0.1, 0.15) is 0 Å². The fraction of sp³-hybridized carbons (Fsp3) is 0.938. The van der Waals surface area contributed by atoms with Crippen LogP contribution in [0, 0.1) is 17.8 Å². The monoisotopic (exact) mass is 251 g/mol. The average Bonchev–Trinajstić information content (AvgIpc) is 2.76. The molecular formula is C16H29NO. The van der Waals surface area contributed by atoms with Crippen molar-refractivity contribution in [1.29, 1.82) is 0 Å². The van der Waals surface area contributed by atoms with E-state index in [0.29, 0.717) is 11.7 Å². The number of hydrogen-bond acceptors (Lipinski definition) is 2. The highest BCUT2D eigenvalue weighted by molar-refractivity contribution is 5.90. The van der Waals surface area contributed by atoms with E-state index in [1.165, 1.54) is 19.3 Å². The standard InChI is InChI=1S/C16H29NO/c1-12-9-13(2)11-14(10-12)15(18)16(17(3)4)7-5-6-8-16/h12-14H,5-11H2,1-4H3. The van der Waals surface area contributed by atoms with Crippen molar-refractivity contribution in [1.82, 2.24) is 4.90 Å². The molecule has 2 heteroatoms. The van der Waals surface area contributed by atoms with Gasteiger partial charge >= 0.3 is 0 Å². The molecule has 0 saturated heterocycles. The zero-order valence-corrected chi connectivity index (χ0v) is 12.5. The third-order valence-corrected chi connectivity index (χ3v) is 5.29. The van der Waals surface area contributed by atoms with Crippen LogP contribution in [0.25, 0.3) is 0 Å². The first-order chi connectivity index (χ1) is 8.45. The molecule has 2 saturated carbocycles. The van der Waals surface area contributed by atoms with Crippen LogP contribution >= 0.6 is 0 Å². The normalized spacial score (nSPS) is 35.9. The van der Waals surface area contributed by atoms with Crippen LogP contribution in [0.5, 0.6) is 0 Å². The Morgan fingerprint density at radius 3 is 1.94 bits per heavy atom. The minimum Gasteiger partial charge on any atom is -0.297 e. The minimum absolute atomic E-state index is 0.124. The Labute approximate surface area is 112 Å². The lowest BCUT2D eigenvalue weighted by molar-refractivity contribution is -0.135. The summed E-state index contributed by atoms with van der Waals surface area (Å²) in [4.78, 5) is 15.2. The van der Waals surface area contributed by atoms with Gasteiger partial charge in [-0.25, -0.2) is 0 Å². The SMILES string of the molecule is CC1CC(C)CC(C(=O)C2(N(C)C)CCCC2)C1. The van der Waals surface area contributed by atoms with Crippen LogP contribution in [0.1, 0.15) is 58.8 Å². The van der Waals surface area contributed by atoms with Crippen LogP contribution in [0.15, 0.2) is 0 Å². The summed E-state index contributed by atoms with van der Waals surface area (Å²) in [6.07, 6.45) is 8.16. The molecule has 0 aromatic carbocycles. The van der Waals surface area contributed by atoms with Gasteiger partial charge in [0.15, 0.2) is 5.78 Å². The molecule has 0 radical (unpaired) electrons. The molecule has 2 nitrogen and oxygen atoms in total. The van der Waals surface area contributed by atoms with Crippen molar-refractivity contribution < 1.29 is 4.79 Å². The second-order valence-corrected chi connectivity index (χ2v) is 7.11. The molecule has 2 aliphatic carbocycles. The second kappa shape index (κ2) is 5.32. The highest BCUT2D eigenvalue weighted by Crippen LogP contribution is 2.41. The Morgan fingerprint density at radius 1 is 1.00 bits per heavy atom. The van der Waals surface area contributed by atoms with Crippen LogP contribution < -0.4 is 0 Å². The zero-order valence-electron chi connectivity index (χ0n) is 12.5. The third kappa shape index (κ3) is 2.49. The van der Waals surface area contributed by atoms with Crippen LogP contribution in [0.3, 0.4) is 0 Å². The molecule has 0 amide bonds. The molecule has 104 valence electrons. The molecule has 2 unspecified atom stereocenters. The van der Waals surface area contributed by atoms with Crippen molar-refractivity contribution in [2.75, 3.05) is 14.1 Å². The van der Waals surface area contributed by atoms with E-state index in [1.54, 1.807) is 0 Å². The van der Waals surface area contributed by atoms with E-state index in [0.717, 1.165) is 37.5 Å². The number of likely N-dealkylation sites (N-methyl/N-ethyl adjacent to an activating group) is 1. The van der Waals surface area contributed by atoms with Gasteiger partial charge in [0.2, 0.25) is 0 Å². The summed E-state index contributed by atoms with van der Waals surface area (Å²) in [7, 11) is 4.19. The summed E-state index contributed by atoms with van der Waals surface area (Å²) >= 11 is 0. The van der Waals surface area contributed by atoms with Gasteiger partial charge in [-0.15, -0.1) is 0 Å². The maximum absolute atomic E-state index is 13.0. The number of ketones is 1. The lowest BCUT2D eigenvalue weighted by Crippen LogP contribution is -2.52. The number of carbonyl (C=O) groups is 1. The molecule has 0 N–H and O–H groups in total. The molecule has 0 spiro atoms. The number of nitrogens with zero attached hydrogens (tertiary/aromatic N) is 1. The van der Waals surface area contributed by atoms with E-state index < -0.39 is 0 Å². The predicted molar refractivity (Wildman–Crippen MR) is 75.6 cm³/mol. The minimum atomic E-state index is -0.124. The Hall–Kier alpha value is -0.370. The summed E-state index contributed by atoms with van der Waals surface area (Å²) in [5.41, 5.74) is -0.124. The van der Waals surface area contributed by atoms with Gasteiger partial charge in [0.05, 0.1) is 5.54 Å². The number of rotatable bonds is 3. The van der Waals surface area contributed by atoms with Crippen LogP contribution in [0.2, 0.25) is 0 Å². The Balaban J connectivity index is 2.13. The van der Waals surface area contributed by atoms with Crippen molar-refractivity contribution in [3.63, 3.8) is 0 Å². The van der Waals surface area contributed by atoms with E-state index in [9.17, 15) is 4.79 Å². The number of hydrogen-bond donors (Lipinski definition) is 0. The molecule has 2 atom stereocenters. The van der Waals surface area contributed by atoms with Crippen LogP contribution in [0.4, 0.5) is 0 Å². The molecule has 0 aromatic heterocycles. The number of Topliss-reactive ketones (excluding diaryl/α,β-unsaturated/α-hetero) is 1. The number of carbonyl (C=O) groups excluding carboxylic acids is 1. The molecule has 0 aromatic rings. The van der Waals surface area contributed by atoms with Gasteiger partial charge in [0.25, 0.3) is 0 Å². The van der Waals surface area contributed by atoms with Crippen molar-refractivity contribution in [3.8, 4) is 0 Å². The van der Waals surface area contributed by atoms with Crippen LogP contribution in [-0.4, -0.2) is 30.3 Å².